The molecule has 2 heterocycles. The van der Waals surface area contributed by atoms with E-state index in [-0.39, 0.29) is 17.3 Å². The van der Waals surface area contributed by atoms with Gasteiger partial charge < -0.3 is 10.2 Å². The number of thioether (sulfide) groups is 1. The molecule has 0 bridgehead atoms. The van der Waals surface area contributed by atoms with Crippen molar-refractivity contribution in [2.75, 3.05) is 12.0 Å². The van der Waals surface area contributed by atoms with Gasteiger partial charge in [-0.3, -0.25) is 0 Å². The Balaban J connectivity index is 2.67. The van der Waals surface area contributed by atoms with Gasteiger partial charge in [0.05, 0.1) is 0 Å². The fourth-order valence-corrected chi connectivity index (χ4v) is 1.94. The zero-order valence-corrected chi connectivity index (χ0v) is 10.2. The van der Waals surface area contributed by atoms with Crippen LogP contribution in [0, 0.1) is 22.7 Å². The normalized spacial score (nSPS) is 9.72. The molecule has 0 spiro atoms. The minimum atomic E-state index is 0.0586. The number of nitrogen functional groups attached to an aromatic ring is 1. The summed E-state index contributed by atoms with van der Waals surface area (Å²) in [5.41, 5.74) is 6.17. The number of aromatic nitrogens is 2. The summed E-state index contributed by atoms with van der Waals surface area (Å²) in [6, 6.07) is 6.97. The molecule has 0 radical (unpaired) electrons. The van der Waals surface area contributed by atoms with Gasteiger partial charge in [0, 0.05) is 0 Å². The number of hydrogen-bond donors (Lipinski definition) is 1. The molecular weight excluding hydrogens is 250 g/mol. The average molecular weight is 257 g/mol. The van der Waals surface area contributed by atoms with Gasteiger partial charge in [-0.2, -0.15) is 10.5 Å². The van der Waals surface area contributed by atoms with Gasteiger partial charge in [0.25, 0.3) is 0 Å². The minimum Gasteiger partial charge on any atom is -0.444 e. The molecule has 2 rings (SSSR count). The first kappa shape index (κ1) is 12.0. The fourth-order valence-electron chi connectivity index (χ4n) is 1.41. The minimum absolute atomic E-state index is 0.0586. The fraction of sp³-hybridized carbons (Fsp3) is 0.0909. The Hall–Kier alpha value is -2.51. The van der Waals surface area contributed by atoms with Crippen LogP contribution in [0.4, 0.5) is 5.95 Å². The van der Waals surface area contributed by atoms with Gasteiger partial charge in [-0.05, 0) is 18.4 Å². The third kappa shape index (κ3) is 1.99. The Labute approximate surface area is 107 Å². The molecule has 6 nitrogen and oxygen atoms in total. The van der Waals surface area contributed by atoms with Gasteiger partial charge in [-0.25, -0.2) is 9.97 Å². The number of nitriles is 2. The number of hydrogen-bond acceptors (Lipinski definition) is 7. The number of nitrogens with two attached hydrogens (primary N) is 1. The molecule has 0 aliphatic heterocycles. The lowest BCUT2D eigenvalue weighted by molar-refractivity contribution is 0.564. The van der Waals surface area contributed by atoms with E-state index in [1.165, 1.54) is 17.8 Å². The van der Waals surface area contributed by atoms with E-state index in [1.807, 2.05) is 12.1 Å². The maximum atomic E-state index is 9.16. The van der Waals surface area contributed by atoms with Gasteiger partial charge in [0.1, 0.15) is 28.4 Å². The third-order valence-electron chi connectivity index (χ3n) is 2.15. The summed E-state index contributed by atoms with van der Waals surface area (Å²) in [4.78, 5) is 7.97. The summed E-state index contributed by atoms with van der Waals surface area (Å²) in [6.07, 6.45) is 1.79. The summed E-state index contributed by atoms with van der Waals surface area (Å²) in [7, 11) is 0. The second-order valence-corrected chi connectivity index (χ2v) is 4.00. The Morgan fingerprint density at radius 2 is 2.06 bits per heavy atom. The number of nitrogens with zero attached hydrogens (tertiary/aromatic N) is 4. The number of furan rings is 1. The van der Waals surface area contributed by atoms with E-state index in [0.29, 0.717) is 16.5 Å². The summed E-state index contributed by atoms with van der Waals surface area (Å²) in [5.74, 6) is 0.535. The monoisotopic (exact) mass is 257 g/mol. The molecule has 0 aliphatic rings. The largest absolute Gasteiger partial charge is 0.444 e. The van der Waals surface area contributed by atoms with Gasteiger partial charge in [0.2, 0.25) is 11.7 Å². The highest BCUT2D eigenvalue weighted by Crippen LogP contribution is 2.29. The molecule has 88 valence electrons. The van der Waals surface area contributed by atoms with Crippen LogP contribution in [-0.4, -0.2) is 16.2 Å². The van der Waals surface area contributed by atoms with Crippen molar-refractivity contribution < 1.29 is 4.42 Å². The molecule has 0 fully saturated rings. The molecule has 7 heteroatoms. The van der Waals surface area contributed by atoms with Crippen LogP contribution in [0.3, 0.4) is 0 Å². The zero-order chi connectivity index (χ0) is 13.1. The zero-order valence-electron chi connectivity index (χ0n) is 9.34. The van der Waals surface area contributed by atoms with E-state index in [1.54, 1.807) is 12.3 Å². The van der Waals surface area contributed by atoms with Crippen LogP contribution < -0.4 is 5.73 Å². The van der Waals surface area contributed by atoms with E-state index >= 15 is 0 Å². The first-order valence-corrected chi connectivity index (χ1v) is 6.04. The summed E-state index contributed by atoms with van der Waals surface area (Å²) in [5, 5.41) is 18.3. The number of anilines is 1. The molecule has 0 amide bonds. The van der Waals surface area contributed by atoms with Crippen molar-refractivity contribution in [3.63, 3.8) is 0 Å². The molecule has 0 saturated carbocycles. The molecule has 0 atom stereocenters. The predicted molar refractivity (Wildman–Crippen MR) is 65.4 cm³/mol. The smallest absolute Gasteiger partial charge is 0.221 e. The second-order valence-electron chi connectivity index (χ2n) is 3.20. The molecule has 0 aromatic carbocycles. The first-order valence-electron chi connectivity index (χ1n) is 4.81. The molecule has 0 aliphatic carbocycles. The van der Waals surface area contributed by atoms with E-state index in [0.717, 1.165) is 0 Å². The van der Waals surface area contributed by atoms with Gasteiger partial charge in [-0.1, -0.05) is 0 Å². The summed E-state index contributed by atoms with van der Waals surface area (Å²) in [6.45, 7) is 0. The Bertz CT molecular complexity index is 680. The Morgan fingerprint density at radius 3 is 2.61 bits per heavy atom. The summed E-state index contributed by atoms with van der Waals surface area (Å²) >= 11 is 1.30. The molecule has 0 unspecified atom stereocenters. The third-order valence-corrected chi connectivity index (χ3v) is 2.83. The van der Waals surface area contributed by atoms with Crippen LogP contribution in [0.2, 0.25) is 0 Å². The Morgan fingerprint density at radius 1 is 1.28 bits per heavy atom. The van der Waals surface area contributed by atoms with Crippen molar-refractivity contribution in [1.82, 2.24) is 9.97 Å². The van der Waals surface area contributed by atoms with E-state index in [4.69, 9.17) is 20.7 Å². The van der Waals surface area contributed by atoms with E-state index < -0.39 is 0 Å². The predicted octanol–water partition coefficient (Wildman–Crippen LogP) is 1.78. The maximum absolute atomic E-state index is 9.16. The molecule has 0 saturated heterocycles. The van der Waals surface area contributed by atoms with Crippen LogP contribution in [0.15, 0.2) is 21.6 Å². The highest BCUT2D eigenvalue weighted by molar-refractivity contribution is 7.98. The van der Waals surface area contributed by atoms with Crippen molar-refractivity contribution in [2.45, 2.75) is 5.03 Å². The topological polar surface area (TPSA) is 113 Å². The van der Waals surface area contributed by atoms with Gasteiger partial charge >= 0.3 is 0 Å². The quantitative estimate of drug-likeness (QED) is 0.644. The van der Waals surface area contributed by atoms with Gasteiger partial charge in [-0.15, -0.1) is 11.8 Å². The summed E-state index contributed by atoms with van der Waals surface area (Å²) < 4.78 is 5.25. The molecular formula is C11H7N5OS. The molecule has 2 aromatic rings. The van der Waals surface area contributed by atoms with Crippen LogP contribution in [-0.2, 0) is 0 Å². The van der Waals surface area contributed by atoms with Gasteiger partial charge in [0.15, 0.2) is 5.76 Å². The molecule has 2 aromatic heterocycles. The van der Waals surface area contributed by atoms with Crippen molar-refractivity contribution in [3.8, 4) is 23.6 Å². The first-order chi connectivity index (χ1) is 8.69. The highest BCUT2D eigenvalue weighted by atomic mass is 32.2. The van der Waals surface area contributed by atoms with Crippen LogP contribution in [0.1, 0.15) is 11.3 Å². The van der Waals surface area contributed by atoms with E-state index in [2.05, 4.69) is 9.97 Å². The van der Waals surface area contributed by atoms with Crippen molar-refractivity contribution in [3.05, 3.63) is 23.5 Å². The van der Waals surface area contributed by atoms with Crippen molar-refractivity contribution in [2.24, 2.45) is 0 Å². The van der Waals surface area contributed by atoms with Crippen molar-refractivity contribution in [1.29, 1.82) is 10.5 Å². The molecule has 18 heavy (non-hydrogen) atoms. The lowest BCUT2D eigenvalue weighted by atomic mass is 10.2. The number of rotatable bonds is 2. The maximum Gasteiger partial charge on any atom is 0.221 e. The van der Waals surface area contributed by atoms with Crippen LogP contribution in [0.5, 0.6) is 0 Å². The second kappa shape index (κ2) is 4.78. The molecule has 2 N–H and O–H groups in total. The Kier molecular flexibility index (Phi) is 3.18. The lowest BCUT2D eigenvalue weighted by Crippen LogP contribution is -2.01. The SMILES string of the molecule is CSc1nc(N)nc(-c2ccc(C#N)o2)c1C#N. The van der Waals surface area contributed by atoms with Crippen LogP contribution >= 0.6 is 11.8 Å². The lowest BCUT2D eigenvalue weighted by Gasteiger charge is -2.04. The van der Waals surface area contributed by atoms with Crippen LogP contribution in [0.25, 0.3) is 11.5 Å². The standard InChI is InChI=1S/C11H7N5OS/c1-18-10-7(5-13)9(15-11(14)16-10)8-3-2-6(4-12)17-8/h2-3H,1H3,(H2,14,15,16). The van der Waals surface area contributed by atoms with E-state index in [9.17, 15) is 0 Å². The van der Waals surface area contributed by atoms with Crippen molar-refractivity contribution >= 4 is 17.7 Å². The average Bonchev–Trinajstić information content (AvgIpc) is 2.86. The highest BCUT2D eigenvalue weighted by Gasteiger charge is 2.17.